The van der Waals surface area contributed by atoms with Crippen molar-refractivity contribution in [3.05, 3.63) is 72.2 Å². The lowest BCUT2D eigenvalue weighted by atomic mass is 10.0. The summed E-state index contributed by atoms with van der Waals surface area (Å²) in [6, 6.07) is 5.39. The lowest BCUT2D eigenvalue weighted by Gasteiger charge is -2.17. The number of halogens is 1. The summed E-state index contributed by atoms with van der Waals surface area (Å²) in [5.74, 6) is -1.49. The number of aromatic amines is 1. The average molecular weight is 453 g/mol. The van der Waals surface area contributed by atoms with Crippen molar-refractivity contribution in [1.82, 2.24) is 14.5 Å². The Morgan fingerprint density at radius 3 is 2.82 bits per heavy atom. The predicted molar refractivity (Wildman–Crippen MR) is 128 cm³/mol. The van der Waals surface area contributed by atoms with Crippen molar-refractivity contribution >= 4 is 22.5 Å². The molecule has 0 spiro atoms. The summed E-state index contributed by atoms with van der Waals surface area (Å²) in [6.45, 7) is 10.0. The number of nitrogens with zero attached hydrogens (tertiary/aromatic N) is 2. The number of nitrogens with two attached hydrogens (primary N) is 1. The van der Waals surface area contributed by atoms with Gasteiger partial charge in [-0.25, -0.2) is 9.37 Å². The normalized spacial score (nSPS) is 12.4. The maximum atomic E-state index is 15.5. The Morgan fingerprint density at radius 2 is 2.15 bits per heavy atom. The summed E-state index contributed by atoms with van der Waals surface area (Å²) in [7, 11) is 0. The number of fused-ring (bicyclic) bond motifs is 1. The Kier molecular flexibility index (Phi) is 7.84. The zero-order valence-electron chi connectivity index (χ0n) is 19.2. The van der Waals surface area contributed by atoms with Crippen molar-refractivity contribution in [3.63, 3.8) is 0 Å². The second kappa shape index (κ2) is 10.8. The third-order valence-corrected chi connectivity index (χ3v) is 5.06. The smallest absolute Gasteiger partial charge is 0.250 e. The quantitative estimate of drug-likeness (QED) is 0.234. The summed E-state index contributed by atoms with van der Waals surface area (Å²) in [5, 5.41) is 0.852. The number of hydrogen-bond acceptors (Lipinski definition) is 4. The van der Waals surface area contributed by atoms with E-state index in [0.717, 1.165) is 17.4 Å². The average Bonchev–Trinajstić information content (AvgIpc) is 3.42. The van der Waals surface area contributed by atoms with E-state index in [-0.39, 0.29) is 30.2 Å². The van der Waals surface area contributed by atoms with Crippen molar-refractivity contribution in [2.75, 3.05) is 13.2 Å². The number of nitrogens with one attached hydrogen (secondary N) is 1. The molecule has 0 aliphatic rings. The highest BCUT2D eigenvalue weighted by Gasteiger charge is 2.26. The van der Waals surface area contributed by atoms with Gasteiger partial charge in [0, 0.05) is 35.5 Å². The van der Waals surface area contributed by atoms with Gasteiger partial charge in [-0.15, -0.1) is 0 Å². The molecule has 0 bridgehead atoms. The minimum atomic E-state index is -0.684. The molecule has 3 aromatic rings. The molecule has 0 aromatic carbocycles. The topological polar surface area (TPSA) is 95.2 Å². The number of pyridine rings is 1. The molecule has 0 saturated carbocycles. The maximum Gasteiger partial charge on any atom is 0.250 e. The van der Waals surface area contributed by atoms with E-state index in [0.29, 0.717) is 23.6 Å². The lowest BCUT2D eigenvalue weighted by Crippen LogP contribution is -2.15. The van der Waals surface area contributed by atoms with Crippen LogP contribution in [0, 0.1) is 0 Å². The fourth-order valence-electron chi connectivity index (χ4n) is 3.68. The highest BCUT2D eigenvalue weighted by atomic mass is 19.1. The molecule has 3 heterocycles. The summed E-state index contributed by atoms with van der Waals surface area (Å²) in [4.78, 5) is 19.9. The monoisotopic (exact) mass is 452 g/mol. The van der Waals surface area contributed by atoms with E-state index in [9.17, 15) is 4.79 Å². The number of carbonyl (C=O) groups is 1. The van der Waals surface area contributed by atoms with E-state index >= 15 is 4.39 Å². The van der Waals surface area contributed by atoms with Crippen molar-refractivity contribution < 1.29 is 18.7 Å². The van der Waals surface area contributed by atoms with Crippen LogP contribution in [0.4, 0.5) is 4.39 Å². The minimum Gasteiger partial charge on any atom is -0.491 e. The summed E-state index contributed by atoms with van der Waals surface area (Å²) < 4.78 is 28.4. The fourth-order valence-corrected chi connectivity index (χ4v) is 3.68. The predicted octanol–water partition coefficient (Wildman–Crippen LogP) is 5.32. The Balaban J connectivity index is 2.36. The standard InChI is InChI=1S/C25H29FN4O3/c1-5-8-19(22(26)16(4)33-7-3)23-20(24(27)31)14-21(30(23)15-32-13-6-2)17-9-11-28-25-18(17)10-12-29-25/h5,8-12,14H,4,6-7,13,15H2,1-3H3,(H2,27,31)(H,28,29)/b8-5-,22-19-. The van der Waals surface area contributed by atoms with Gasteiger partial charge in [0.2, 0.25) is 0 Å². The molecule has 0 aliphatic heterocycles. The van der Waals surface area contributed by atoms with Crippen LogP contribution in [0.15, 0.2) is 60.9 Å². The summed E-state index contributed by atoms with van der Waals surface area (Å²) >= 11 is 0. The first-order valence-electron chi connectivity index (χ1n) is 10.8. The molecular weight excluding hydrogens is 423 g/mol. The number of aromatic nitrogens is 3. The van der Waals surface area contributed by atoms with E-state index in [1.807, 2.05) is 19.1 Å². The number of amides is 1. The highest BCUT2D eigenvalue weighted by molar-refractivity contribution is 6.02. The molecule has 1 amide bonds. The van der Waals surface area contributed by atoms with Gasteiger partial charge in [-0.2, -0.15) is 0 Å². The molecule has 0 fully saturated rings. The van der Waals surface area contributed by atoms with Gasteiger partial charge in [-0.1, -0.05) is 25.7 Å². The Bertz CT molecular complexity index is 1220. The van der Waals surface area contributed by atoms with Crippen molar-refractivity contribution in [1.29, 1.82) is 0 Å². The second-order valence-electron chi connectivity index (χ2n) is 7.30. The molecule has 0 radical (unpaired) electrons. The van der Waals surface area contributed by atoms with Gasteiger partial charge in [0.15, 0.2) is 5.83 Å². The number of ether oxygens (including phenoxy) is 2. The molecule has 3 aromatic heterocycles. The van der Waals surface area contributed by atoms with Crippen LogP contribution in [0.5, 0.6) is 0 Å². The van der Waals surface area contributed by atoms with Crippen LogP contribution in [0.2, 0.25) is 0 Å². The van der Waals surface area contributed by atoms with Crippen LogP contribution in [0.25, 0.3) is 27.9 Å². The SMILES string of the molecule is C=C(OCC)/C(F)=C(\C=C/C)c1c(C(N)=O)cc(-c2ccnc3[nH]ccc23)n1COCCC. The first-order valence-corrected chi connectivity index (χ1v) is 10.8. The molecule has 174 valence electrons. The van der Waals surface area contributed by atoms with Crippen molar-refractivity contribution in [3.8, 4) is 11.3 Å². The van der Waals surface area contributed by atoms with Gasteiger partial charge in [0.1, 0.15) is 18.1 Å². The molecule has 8 heteroatoms. The molecule has 0 atom stereocenters. The molecule has 0 aliphatic carbocycles. The first kappa shape index (κ1) is 24.0. The van der Waals surface area contributed by atoms with Crippen LogP contribution >= 0.6 is 0 Å². The molecule has 0 saturated heterocycles. The van der Waals surface area contributed by atoms with Crippen LogP contribution in [-0.4, -0.2) is 33.7 Å². The largest absolute Gasteiger partial charge is 0.491 e. The number of H-pyrrole nitrogens is 1. The number of rotatable bonds is 11. The van der Waals surface area contributed by atoms with Gasteiger partial charge in [0.25, 0.3) is 5.91 Å². The number of allylic oxidation sites excluding steroid dienone is 4. The third-order valence-electron chi connectivity index (χ3n) is 5.06. The van der Waals surface area contributed by atoms with E-state index < -0.39 is 11.7 Å². The van der Waals surface area contributed by atoms with Crippen molar-refractivity contribution in [2.45, 2.75) is 33.9 Å². The number of carbonyl (C=O) groups excluding carboxylic acids is 1. The molecule has 3 N–H and O–H groups in total. The molecular formula is C25H29FN4O3. The van der Waals surface area contributed by atoms with Gasteiger partial charge in [-0.3, -0.25) is 4.79 Å². The molecule has 33 heavy (non-hydrogen) atoms. The second-order valence-corrected chi connectivity index (χ2v) is 7.30. The molecule has 3 rings (SSSR count). The zero-order chi connectivity index (χ0) is 24.0. The molecule has 7 nitrogen and oxygen atoms in total. The van der Waals surface area contributed by atoms with Gasteiger partial charge in [-0.05, 0) is 38.5 Å². The van der Waals surface area contributed by atoms with Crippen LogP contribution in [0.3, 0.4) is 0 Å². The van der Waals surface area contributed by atoms with Gasteiger partial charge < -0.3 is 24.8 Å². The molecule has 0 unspecified atom stereocenters. The van der Waals surface area contributed by atoms with E-state index in [2.05, 4.69) is 16.5 Å². The summed E-state index contributed by atoms with van der Waals surface area (Å²) in [5.41, 5.74) is 8.50. The van der Waals surface area contributed by atoms with E-state index in [4.69, 9.17) is 15.2 Å². The first-order chi connectivity index (χ1) is 15.9. The van der Waals surface area contributed by atoms with Crippen LogP contribution < -0.4 is 5.73 Å². The minimum absolute atomic E-state index is 0.0927. The van der Waals surface area contributed by atoms with Gasteiger partial charge >= 0.3 is 0 Å². The number of primary amides is 1. The summed E-state index contributed by atoms with van der Waals surface area (Å²) in [6.07, 6.45) is 7.51. The van der Waals surface area contributed by atoms with E-state index in [1.165, 1.54) is 0 Å². The number of hydrogen-bond donors (Lipinski definition) is 2. The maximum absolute atomic E-state index is 15.5. The third kappa shape index (κ3) is 4.90. The van der Waals surface area contributed by atoms with Crippen LogP contribution in [0.1, 0.15) is 43.2 Å². The zero-order valence-corrected chi connectivity index (χ0v) is 19.2. The van der Waals surface area contributed by atoms with Crippen molar-refractivity contribution in [2.24, 2.45) is 5.73 Å². The van der Waals surface area contributed by atoms with Crippen LogP contribution in [-0.2, 0) is 16.2 Å². The van der Waals surface area contributed by atoms with Gasteiger partial charge in [0.05, 0.1) is 23.6 Å². The fraction of sp³-hybridized carbons (Fsp3) is 0.280. The Hall–Kier alpha value is -3.65. The highest BCUT2D eigenvalue weighted by Crippen LogP contribution is 2.36. The van der Waals surface area contributed by atoms with E-state index in [1.54, 1.807) is 49.0 Å². The Labute approximate surface area is 192 Å². The lowest BCUT2D eigenvalue weighted by molar-refractivity contribution is 0.0781. The Morgan fingerprint density at radius 1 is 1.36 bits per heavy atom.